The van der Waals surface area contributed by atoms with Crippen LogP contribution in [0.2, 0.25) is 0 Å². The zero-order valence-corrected chi connectivity index (χ0v) is 15.7. The largest absolute Gasteiger partial charge is 0.393 e. The molecule has 26 heavy (non-hydrogen) atoms. The first kappa shape index (κ1) is 17.7. The zero-order valence-electron chi connectivity index (χ0n) is 14.9. The standard InChI is InChI=1S/C19H25N3O3S/c23-12-16(24)15-10-14-11-21(7-4-8-22(14)20-15)19(25)18-9-13-5-2-1-3-6-17(13)26-18/h9-10,16,23-24H,1-8,11-12H2. The van der Waals surface area contributed by atoms with E-state index < -0.39 is 6.10 Å². The molecule has 1 aliphatic heterocycles. The first-order chi connectivity index (χ1) is 12.7. The van der Waals surface area contributed by atoms with Gasteiger partial charge in [-0.2, -0.15) is 5.10 Å². The molecule has 1 atom stereocenters. The van der Waals surface area contributed by atoms with Gasteiger partial charge >= 0.3 is 0 Å². The summed E-state index contributed by atoms with van der Waals surface area (Å²) in [5.74, 6) is 0.0991. The third-order valence-electron chi connectivity index (χ3n) is 5.29. The summed E-state index contributed by atoms with van der Waals surface area (Å²) >= 11 is 1.67. The van der Waals surface area contributed by atoms with Crippen molar-refractivity contribution in [2.75, 3.05) is 13.2 Å². The number of aryl methyl sites for hydroxylation is 3. The summed E-state index contributed by atoms with van der Waals surface area (Å²) < 4.78 is 1.85. The number of carbonyl (C=O) groups excluding carboxylic acids is 1. The predicted molar refractivity (Wildman–Crippen MR) is 99.2 cm³/mol. The van der Waals surface area contributed by atoms with Crippen molar-refractivity contribution in [3.63, 3.8) is 0 Å². The molecule has 7 heteroatoms. The molecular formula is C19H25N3O3S. The van der Waals surface area contributed by atoms with Crippen molar-refractivity contribution in [3.05, 3.63) is 38.8 Å². The Balaban J connectivity index is 1.54. The first-order valence-electron chi connectivity index (χ1n) is 9.42. The van der Waals surface area contributed by atoms with Crippen molar-refractivity contribution in [1.29, 1.82) is 0 Å². The lowest BCUT2D eigenvalue weighted by Gasteiger charge is -2.19. The van der Waals surface area contributed by atoms with Crippen LogP contribution in [-0.4, -0.2) is 44.0 Å². The number of amides is 1. The van der Waals surface area contributed by atoms with E-state index in [2.05, 4.69) is 11.2 Å². The number of hydrogen-bond donors (Lipinski definition) is 2. The minimum absolute atomic E-state index is 0.0991. The van der Waals surface area contributed by atoms with Crippen LogP contribution in [0.3, 0.4) is 0 Å². The normalized spacial score (nSPS) is 18.6. The monoisotopic (exact) mass is 375 g/mol. The highest BCUT2D eigenvalue weighted by Gasteiger charge is 2.25. The maximum atomic E-state index is 13.1. The lowest BCUT2D eigenvalue weighted by Crippen LogP contribution is -2.30. The fraction of sp³-hybridized carbons (Fsp3) is 0.579. The highest BCUT2D eigenvalue weighted by atomic mass is 32.1. The summed E-state index contributed by atoms with van der Waals surface area (Å²) in [5.41, 5.74) is 2.75. The quantitative estimate of drug-likeness (QED) is 0.807. The van der Waals surface area contributed by atoms with E-state index in [9.17, 15) is 9.90 Å². The topological polar surface area (TPSA) is 78.6 Å². The summed E-state index contributed by atoms with van der Waals surface area (Å²) in [5, 5.41) is 23.3. The van der Waals surface area contributed by atoms with Gasteiger partial charge in [0.05, 0.1) is 29.4 Å². The van der Waals surface area contributed by atoms with Crippen molar-refractivity contribution >= 4 is 17.2 Å². The average Bonchev–Trinajstić information content (AvgIpc) is 3.10. The molecular weight excluding hydrogens is 350 g/mol. The molecule has 0 aromatic carbocycles. The molecule has 6 nitrogen and oxygen atoms in total. The SMILES string of the molecule is O=C(c1cc2c(s1)CCCCC2)N1CCCn2nc(C(O)CO)cc2C1. The Bertz CT molecular complexity index is 775. The van der Waals surface area contributed by atoms with Crippen LogP contribution in [0.25, 0.3) is 0 Å². The Labute approximate surface area is 157 Å². The average molecular weight is 375 g/mol. The van der Waals surface area contributed by atoms with Crippen molar-refractivity contribution in [3.8, 4) is 0 Å². The molecule has 0 radical (unpaired) electrons. The highest BCUT2D eigenvalue weighted by Crippen LogP contribution is 2.30. The smallest absolute Gasteiger partial charge is 0.264 e. The maximum Gasteiger partial charge on any atom is 0.264 e. The molecule has 4 rings (SSSR count). The van der Waals surface area contributed by atoms with Crippen molar-refractivity contribution in [1.82, 2.24) is 14.7 Å². The van der Waals surface area contributed by atoms with Gasteiger partial charge < -0.3 is 15.1 Å². The third-order valence-corrected chi connectivity index (χ3v) is 6.52. The summed E-state index contributed by atoms with van der Waals surface area (Å²) in [7, 11) is 0. The molecule has 1 amide bonds. The Morgan fingerprint density at radius 3 is 2.88 bits per heavy atom. The molecule has 3 heterocycles. The number of hydrogen-bond acceptors (Lipinski definition) is 5. The summed E-state index contributed by atoms with van der Waals surface area (Å²) in [6.45, 7) is 1.58. The number of aliphatic hydroxyl groups is 2. The number of aliphatic hydroxyl groups excluding tert-OH is 2. The minimum atomic E-state index is -0.966. The van der Waals surface area contributed by atoms with Crippen molar-refractivity contribution in [2.45, 2.75) is 57.7 Å². The Kier molecular flexibility index (Phi) is 5.11. The Morgan fingerprint density at radius 1 is 1.19 bits per heavy atom. The second-order valence-corrected chi connectivity index (χ2v) is 8.32. The first-order valence-corrected chi connectivity index (χ1v) is 10.2. The molecule has 2 N–H and O–H groups in total. The molecule has 2 aromatic heterocycles. The van der Waals surface area contributed by atoms with E-state index in [1.54, 1.807) is 17.4 Å². The number of thiophene rings is 1. The van der Waals surface area contributed by atoms with Crippen LogP contribution in [0, 0.1) is 0 Å². The van der Waals surface area contributed by atoms with E-state index in [0.29, 0.717) is 18.8 Å². The van der Waals surface area contributed by atoms with Crippen molar-refractivity contribution < 1.29 is 15.0 Å². The lowest BCUT2D eigenvalue weighted by molar-refractivity contribution is 0.0750. The van der Waals surface area contributed by atoms with Crippen LogP contribution >= 0.6 is 11.3 Å². The van der Waals surface area contributed by atoms with Crippen LogP contribution in [0.4, 0.5) is 0 Å². The van der Waals surface area contributed by atoms with Gasteiger partial charge in [-0.25, -0.2) is 0 Å². The van der Waals surface area contributed by atoms with Crippen LogP contribution in [0.15, 0.2) is 12.1 Å². The second kappa shape index (κ2) is 7.50. The van der Waals surface area contributed by atoms with Crippen molar-refractivity contribution in [2.24, 2.45) is 0 Å². The summed E-state index contributed by atoms with van der Waals surface area (Å²) in [4.78, 5) is 17.2. The molecule has 1 aliphatic carbocycles. The molecule has 1 unspecified atom stereocenters. The van der Waals surface area contributed by atoms with Crippen LogP contribution in [-0.2, 0) is 25.9 Å². The maximum absolute atomic E-state index is 13.1. The van der Waals surface area contributed by atoms with Gasteiger partial charge in [-0.3, -0.25) is 9.48 Å². The van der Waals surface area contributed by atoms with Gasteiger partial charge in [-0.05, 0) is 49.8 Å². The third kappa shape index (κ3) is 3.43. The van der Waals surface area contributed by atoms with Gasteiger partial charge in [-0.15, -0.1) is 11.3 Å². The molecule has 140 valence electrons. The highest BCUT2D eigenvalue weighted by molar-refractivity contribution is 7.14. The fourth-order valence-electron chi connectivity index (χ4n) is 3.84. The van der Waals surface area contributed by atoms with E-state index in [4.69, 9.17) is 5.11 Å². The van der Waals surface area contributed by atoms with Gasteiger partial charge in [0.15, 0.2) is 0 Å². The molecule has 0 fully saturated rings. The number of rotatable bonds is 3. The minimum Gasteiger partial charge on any atom is -0.393 e. The van der Waals surface area contributed by atoms with Crippen LogP contribution in [0.5, 0.6) is 0 Å². The molecule has 0 bridgehead atoms. The second-order valence-electron chi connectivity index (χ2n) is 7.18. The predicted octanol–water partition coefficient (Wildman–Crippen LogP) is 2.29. The fourth-order valence-corrected chi connectivity index (χ4v) is 5.06. The number of nitrogens with zero attached hydrogens (tertiary/aromatic N) is 3. The van der Waals surface area contributed by atoms with E-state index in [-0.39, 0.29) is 12.5 Å². The molecule has 0 saturated heterocycles. The molecule has 0 saturated carbocycles. The summed E-state index contributed by atoms with van der Waals surface area (Å²) in [6, 6.07) is 3.91. The molecule has 2 aromatic rings. The van der Waals surface area contributed by atoms with Gasteiger partial charge in [0.25, 0.3) is 5.91 Å². The zero-order chi connectivity index (χ0) is 18.1. The molecule has 2 aliphatic rings. The number of aromatic nitrogens is 2. The lowest BCUT2D eigenvalue weighted by atomic mass is 10.1. The van der Waals surface area contributed by atoms with Crippen LogP contribution < -0.4 is 0 Å². The van der Waals surface area contributed by atoms with E-state index in [1.165, 1.54) is 29.7 Å². The van der Waals surface area contributed by atoms with E-state index in [0.717, 1.165) is 36.4 Å². The number of carbonyl (C=O) groups is 1. The van der Waals surface area contributed by atoms with Gasteiger partial charge in [-0.1, -0.05) is 6.42 Å². The summed E-state index contributed by atoms with van der Waals surface area (Å²) in [6.07, 6.45) is 5.78. The van der Waals surface area contributed by atoms with E-state index >= 15 is 0 Å². The van der Waals surface area contributed by atoms with Gasteiger partial charge in [0.1, 0.15) is 6.10 Å². The Hall–Kier alpha value is -1.70. The van der Waals surface area contributed by atoms with E-state index in [1.807, 2.05) is 9.58 Å². The number of fused-ring (bicyclic) bond motifs is 2. The Morgan fingerprint density at radius 2 is 2.04 bits per heavy atom. The van der Waals surface area contributed by atoms with Crippen LogP contribution in [0.1, 0.15) is 63.3 Å². The van der Waals surface area contributed by atoms with Gasteiger partial charge in [0.2, 0.25) is 0 Å². The van der Waals surface area contributed by atoms with Gasteiger partial charge in [0, 0.05) is 18.0 Å². The molecule has 0 spiro atoms.